The van der Waals surface area contributed by atoms with Crippen LogP contribution in [-0.2, 0) is 5.41 Å². The van der Waals surface area contributed by atoms with Crippen LogP contribution in [0.1, 0.15) is 31.9 Å². The summed E-state index contributed by atoms with van der Waals surface area (Å²) in [6.45, 7) is 6.65. The molecule has 0 aliphatic heterocycles. The van der Waals surface area contributed by atoms with Crippen LogP contribution < -0.4 is 0 Å². The molecule has 2 nitrogen and oxygen atoms in total. The predicted octanol–water partition coefficient (Wildman–Crippen LogP) is 5.00. The van der Waals surface area contributed by atoms with E-state index in [9.17, 15) is 0 Å². The second kappa shape index (κ2) is 4.79. The lowest BCUT2D eigenvalue weighted by molar-refractivity contribution is 0.590. The summed E-state index contributed by atoms with van der Waals surface area (Å²) in [5.41, 5.74) is 5.49. The van der Waals surface area contributed by atoms with Gasteiger partial charge in [0.1, 0.15) is 0 Å². The number of benzene rings is 2. The molecule has 1 heterocycles. The molecule has 3 aromatic rings. The molecule has 0 aliphatic carbocycles. The fourth-order valence-corrected chi connectivity index (χ4v) is 2.51. The van der Waals surface area contributed by atoms with Gasteiger partial charge >= 0.3 is 0 Å². The van der Waals surface area contributed by atoms with Gasteiger partial charge in [0.2, 0.25) is 0 Å². The molecule has 0 spiro atoms. The first-order chi connectivity index (χ1) is 9.97. The van der Waals surface area contributed by atoms with E-state index in [1.807, 2.05) is 18.2 Å². The van der Waals surface area contributed by atoms with Crippen LogP contribution in [0.4, 0.5) is 0 Å². The van der Waals surface area contributed by atoms with Crippen molar-refractivity contribution < 1.29 is 0 Å². The second-order valence-electron chi connectivity index (χ2n) is 6.42. The maximum atomic E-state index is 8.97. The normalized spacial score (nSPS) is 11.5. The first kappa shape index (κ1) is 13.5. The summed E-state index contributed by atoms with van der Waals surface area (Å²) in [5, 5.41) is 10.0. The fraction of sp³-hybridized carbons (Fsp3) is 0.211. The highest BCUT2D eigenvalue weighted by atomic mass is 14.7. The zero-order chi connectivity index (χ0) is 15.0. The molecule has 2 aromatic carbocycles. The fourth-order valence-electron chi connectivity index (χ4n) is 2.51. The average Bonchev–Trinajstić information content (AvgIpc) is 2.89. The van der Waals surface area contributed by atoms with E-state index in [1.165, 1.54) is 5.56 Å². The molecule has 0 bridgehead atoms. The summed E-state index contributed by atoms with van der Waals surface area (Å²) in [6.07, 6.45) is 0. The molecule has 21 heavy (non-hydrogen) atoms. The first-order valence-electron chi connectivity index (χ1n) is 7.11. The van der Waals surface area contributed by atoms with Crippen LogP contribution >= 0.6 is 0 Å². The molecule has 0 saturated heterocycles. The monoisotopic (exact) mass is 274 g/mol. The van der Waals surface area contributed by atoms with Gasteiger partial charge in [0, 0.05) is 16.6 Å². The van der Waals surface area contributed by atoms with Gasteiger partial charge < -0.3 is 4.98 Å². The maximum Gasteiger partial charge on any atom is 0.0991 e. The highest BCUT2D eigenvalue weighted by Crippen LogP contribution is 2.28. The Kier molecular flexibility index (Phi) is 3.07. The number of nitriles is 1. The quantitative estimate of drug-likeness (QED) is 0.666. The molecule has 1 N–H and O–H groups in total. The minimum absolute atomic E-state index is 0.167. The van der Waals surface area contributed by atoms with Crippen molar-refractivity contribution in [2.75, 3.05) is 0 Å². The van der Waals surface area contributed by atoms with Gasteiger partial charge in [-0.25, -0.2) is 0 Å². The van der Waals surface area contributed by atoms with Gasteiger partial charge in [-0.2, -0.15) is 5.26 Å². The number of hydrogen-bond donors (Lipinski definition) is 1. The molecular formula is C19H18N2. The topological polar surface area (TPSA) is 39.6 Å². The van der Waals surface area contributed by atoms with Gasteiger partial charge in [-0.3, -0.25) is 0 Å². The third-order valence-corrected chi connectivity index (χ3v) is 3.81. The number of rotatable bonds is 1. The van der Waals surface area contributed by atoms with Gasteiger partial charge in [0.25, 0.3) is 0 Å². The van der Waals surface area contributed by atoms with Gasteiger partial charge in [0.15, 0.2) is 0 Å². The molecule has 0 amide bonds. The Morgan fingerprint density at radius 1 is 0.952 bits per heavy atom. The standard InChI is InChI=1S/C19H18N2/c1-19(2,3)16-7-5-14(6-8-16)18-11-15-10-13(12-20)4-9-17(15)21-18/h4-11,21H,1-3H3. The molecule has 0 unspecified atom stereocenters. The maximum absolute atomic E-state index is 8.97. The van der Waals surface area contributed by atoms with Crippen molar-refractivity contribution in [2.24, 2.45) is 0 Å². The number of nitrogens with zero attached hydrogens (tertiary/aromatic N) is 1. The Morgan fingerprint density at radius 2 is 1.67 bits per heavy atom. The number of aromatic nitrogens is 1. The zero-order valence-corrected chi connectivity index (χ0v) is 12.6. The molecule has 0 saturated carbocycles. The Labute approximate surface area is 125 Å². The van der Waals surface area contributed by atoms with E-state index in [0.29, 0.717) is 5.56 Å². The van der Waals surface area contributed by atoms with Gasteiger partial charge in [-0.05, 0) is 40.8 Å². The minimum Gasteiger partial charge on any atom is -0.355 e. The highest BCUT2D eigenvalue weighted by molar-refractivity contribution is 5.86. The second-order valence-corrected chi connectivity index (χ2v) is 6.42. The Morgan fingerprint density at radius 3 is 2.29 bits per heavy atom. The van der Waals surface area contributed by atoms with E-state index in [-0.39, 0.29) is 5.41 Å². The molecule has 104 valence electrons. The third-order valence-electron chi connectivity index (χ3n) is 3.81. The number of fused-ring (bicyclic) bond motifs is 1. The largest absolute Gasteiger partial charge is 0.355 e. The van der Waals surface area contributed by atoms with E-state index in [2.05, 4.69) is 62.2 Å². The SMILES string of the molecule is CC(C)(C)c1ccc(-c2cc3cc(C#N)ccc3[nH]2)cc1. The van der Waals surface area contributed by atoms with Gasteiger partial charge in [0.05, 0.1) is 11.6 Å². The number of hydrogen-bond acceptors (Lipinski definition) is 1. The molecular weight excluding hydrogens is 256 g/mol. The van der Waals surface area contributed by atoms with Crippen LogP contribution in [0.25, 0.3) is 22.2 Å². The van der Waals surface area contributed by atoms with Gasteiger partial charge in [-0.15, -0.1) is 0 Å². The van der Waals surface area contributed by atoms with E-state index in [4.69, 9.17) is 5.26 Å². The van der Waals surface area contributed by atoms with E-state index in [0.717, 1.165) is 22.2 Å². The predicted molar refractivity (Wildman–Crippen MR) is 87.1 cm³/mol. The average molecular weight is 274 g/mol. The molecule has 0 radical (unpaired) electrons. The molecule has 1 aromatic heterocycles. The van der Waals surface area contributed by atoms with Crippen LogP contribution in [-0.4, -0.2) is 4.98 Å². The van der Waals surface area contributed by atoms with Crippen molar-refractivity contribution in [3.05, 3.63) is 59.7 Å². The highest BCUT2D eigenvalue weighted by Gasteiger charge is 2.13. The Bertz CT molecular complexity index is 825. The van der Waals surface area contributed by atoms with Gasteiger partial charge in [-0.1, -0.05) is 45.0 Å². The molecule has 0 aliphatic rings. The van der Waals surface area contributed by atoms with E-state index < -0.39 is 0 Å². The van der Waals surface area contributed by atoms with E-state index in [1.54, 1.807) is 0 Å². The number of H-pyrrole nitrogens is 1. The minimum atomic E-state index is 0.167. The molecule has 0 fully saturated rings. The summed E-state index contributed by atoms with van der Waals surface area (Å²) in [7, 11) is 0. The van der Waals surface area contributed by atoms with Crippen LogP contribution in [0.15, 0.2) is 48.5 Å². The Hall–Kier alpha value is -2.53. The van der Waals surface area contributed by atoms with Crippen molar-refractivity contribution in [1.29, 1.82) is 5.26 Å². The third kappa shape index (κ3) is 2.55. The molecule has 3 rings (SSSR count). The lowest BCUT2D eigenvalue weighted by Gasteiger charge is -2.19. The van der Waals surface area contributed by atoms with Crippen molar-refractivity contribution in [1.82, 2.24) is 4.98 Å². The zero-order valence-electron chi connectivity index (χ0n) is 12.6. The smallest absolute Gasteiger partial charge is 0.0991 e. The Balaban J connectivity index is 2.02. The van der Waals surface area contributed by atoms with Crippen LogP contribution in [0.5, 0.6) is 0 Å². The van der Waals surface area contributed by atoms with Crippen molar-refractivity contribution in [3.8, 4) is 17.3 Å². The first-order valence-corrected chi connectivity index (χ1v) is 7.11. The molecule has 2 heteroatoms. The van der Waals surface area contributed by atoms with Crippen molar-refractivity contribution >= 4 is 10.9 Å². The van der Waals surface area contributed by atoms with Crippen molar-refractivity contribution in [3.63, 3.8) is 0 Å². The lowest BCUT2D eigenvalue weighted by atomic mass is 9.86. The lowest BCUT2D eigenvalue weighted by Crippen LogP contribution is -2.10. The number of aromatic amines is 1. The summed E-state index contributed by atoms with van der Waals surface area (Å²) < 4.78 is 0. The van der Waals surface area contributed by atoms with Crippen LogP contribution in [0.3, 0.4) is 0 Å². The summed E-state index contributed by atoms with van der Waals surface area (Å²) in [6, 6.07) is 18.7. The summed E-state index contributed by atoms with van der Waals surface area (Å²) in [4.78, 5) is 3.41. The van der Waals surface area contributed by atoms with Crippen molar-refractivity contribution in [2.45, 2.75) is 26.2 Å². The summed E-state index contributed by atoms with van der Waals surface area (Å²) >= 11 is 0. The molecule has 0 atom stereocenters. The van der Waals surface area contributed by atoms with E-state index >= 15 is 0 Å². The van der Waals surface area contributed by atoms with Crippen LogP contribution in [0, 0.1) is 11.3 Å². The summed E-state index contributed by atoms with van der Waals surface area (Å²) in [5.74, 6) is 0. The van der Waals surface area contributed by atoms with Crippen LogP contribution in [0.2, 0.25) is 0 Å². The number of nitrogens with one attached hydrogen (secondary N) is 1.